The minimum absolute atomic E-state index is 0.122. The van der Waals surface area contributed by atoms with E-state index < -0.39 is 24.0 Å². The van der Waals surface area contributed by atoms with Crippen LogP contribution >= 0.6 is 15.6 Å². The predicted molar refractivity (Wildman–Crippen MR) is 198 cm³/mol. The van der Waals surface area contributed by atoms with Crippen LogP contribution in [0.4, 0.5) is 0 Å². The lowest BCUT2D eigenvalue weighted by Gasteiger charge is -2.41. The number of fused-ring (bicyclic) bond motifs is 1. The highest BCUT2D eigenvalue weighted by Crippen LogP contribution is 2.58. The molecule has 9 nitrogen and oxygen atoms in total. The Morgan fingerprint density at radius 1 is 0.875 bits per heavy atom. The van der Waals surface area contributed by atoms with Crippen molar-refractivity contribution in [3.05, 3.63) is 22.8 Å². The zero-order chi connectivity index (χ0) is 36.5. The number of phosphoric ester groups is 1. The lowest BCUT2D eigenvalue weighted by Crippen LogP contribution is -2.49. The molecule has 4 atom stereocenters. The molecular formula is C36H68O9P2Si. The Hall–Kier alpha value is -0.703. The number of hydrogen-bond donors (Lipinski definition) is 3. The molecule has 0 aliphatic carbocycles. The number of rotatable bonds is 22. The number of phosphoric acid groups is 2. The van der Waals surface area contributed by atoms with Crippen molar-refractivity contribution in [1.29, 1.82) is 0 Å². The SMILES string of the molecule is Cc1cc2c(c(C)c1O[Si](CCOP(=O)(O)OP(=O)(O)O)(C(C)C)C(C)C)CCC(C)(CCCC(C)CCCC(C)CCCC(C)C)O2. The highest BCUT2D eigenvalue weighted by Gasteiger charge is 2.46. The Morgan fingerprint density at radius 2 is 1.42 bits per heavy atom. The highest BCUT2D eigenvalue weighted by molar-refractivity contribution is 7.60. The van der Waals surface area contributed by atoms with Gasteiger partial charge in [-0.1, -0.05) is 100 Å². The summed E-state index contributed by atoms with van der Waals surface area (Å²) in [6.45, 7) is 23.9. The van der Waals surface area contributed by atoms with E-state index in [1.165, 1.54) is 50.5 Å². The third kappa shape index (κ3) is 13.8. The lowest BCUT2D eigenvalue weighted by molar-refractivity contribution is 0.0520. The van der Waals surface area contributed by atoms with E-state index in [0.717, 1.165) is 66.1 Å². The number of benzene rings is 1. The van der Waals surface area contributed by atoms with Gasteiger partial charge in [-0.25, -0.2) is 9.13 Å². The van der Waals surface area contributed by atoms with Crippen molar-refractivity contribution in [3.8, 4) is 11.5 Å². The van der Waals surface area contributed by atoms with Gasteiger partial charge in [-0.05, 0) is 92.5 Å². The largest absolute Gasteiger partial charge is 0.542 e. The first kappa shape index (κ1) is 43.5. The van der Waals surface area contributed by atoms with Crippen molar-refractivity contribution in [1.82, 2.24) is 0 Å². The summed E-state index contributed by atoms with van der Waals surface area (Å²) in [6.07, 6.45) is 13.3. The summed E-state index contributed by atoms with van der Waals surface area (Å²) in [5.74, 6) is 4.14. The molecule has 0 saturated heterocycles. The van der Waals surface area contributed by atoms with Gasteiger partial charge >= 0.3 is 15.6 Å². The Balaban J connectivity index is 2.04. The summed E-state index contributed by atoms with van der Waals surface area (Å²) in [7, 11) is -12.8. The molecule has 1 aliphatic heterocycles. The van der Waals surface area contributed by atoms with Crippen LogP contribution in [0.15, 0.2) is 6.07 Å². The summed E-state index contributed by atoms with van der Waals surface area (Å²) in [6, 6.07) is 2.45. The molecule has 0 spiro atoms. The Kier molecular flexibility index (Phi) is 16.9. The standard InChI is InChI=1S/C36H68O9P2Si/c1-26(2)15-12-16-29(7)17-13-18-30(8)19-14-21-36(11)22-20-33-32(10)35(31(9)25-34(33)43-36)44-48(27(3)4,28(5)6)24-23-42-47(40,41)45-46(37,38)39/h25-30H,12-24H2,1-11H3,(H,40,41)(H2,37,38,39). The van der Waals surface area contributed by atoms with Crippen LogP contribution in [0.5, 0.6) is 11.5 Å². The molecule has 1 aromatic carbocycles. The van der Waals surface area contributed by atoms with E-state index >= 15 is 0 Å². The van der Waals surface area contributed by atoms with Crippen molar-refractivity contribution in [2.45, 2.75) is 170 Å². The molecule has 48 heavy (non-hydrogen) atoms. The lowest BCUT2D eigenvalue weighted by atomic mass is 9.85. The monoisotopic (exact) mass is 734 g/mol. The fourth-order valence-electron chi connectivity index (χ4n) is 7.41. The highest BCUT2D eigenvalue weighted by atomic mass is 31.3. The second-order valence-corrected chi connectivity index (χ2v) is 23.8. The Morgan fingerprint density at radius 3 is 1.94 bits per heavy atom. The average Bonchev–Trinajstić information content (AvgIpc) is 2.92. The fourth-order valence-corrected chi connectivity index (χ4v) is 13.3. The molecule has 3 N–H and O–H groups in total. The first-order valence-corrected chi connectivity index (χ1v) is 23.6. The van der Waals surface area contributed by atoms with Gasteiger partial charge in [0, 0.05) is 11.6 Å². The van der Waals surface area contributed by atoms with Gasteiger partial charge in [0.15, 0.2) is 0 Å². The van der Waals surface area contributed by atoms with Gasteiger partial charge in [-0.3, -0.25) is 4.52 Å². The van der Waals surface area contributed by atoms with E-state index in [4.69, 9.17) is 23.5 Å². The molecule has 0 saturated carbocycles. The van der Waals surface area contributed by atoms with E-state index in [1.54, 1.807) is 0 Å². The molecule has 0 amide bonds. The second-order valence-electron chi connectivity index (χ2n) is 16.0. The molecule has 4 unspecified atom stereocenters. The van der Waals surface area contributed by atoms with Crippen LogP contribution < -0.4 is 9.16 Å². The molecule has 0 fully saturated rings. The van der Waals surface area contributed by atoms with Crippen molar-refractivity contribution >= 4 is 24.0 Å². The van der Waals surface area contributed by atoms with Crippen molar-refractivity contribution < 1.29 is 41.8 Å². The molecule has 0 bridgehead atoms. The van der Waals surface area contributed by atoms with Gasteiger partial charge < -0.3 is 23.8 Å². The maximum Gasteiger partial charge on any atom is 0.481 e. The summed E-state index contributed by atoms with van der Waals surface area (Å²) in [5.41, 5.74) is 3.27. The first-order chi connectivity index (χ1) is 22.1. The molecular weight excluding hydrogens is 666 g/mol. The smallest absolute Gasteiger partial charge is 0.481 e. The molecule has 12 heteroatoms. The molecule has 1 aromatic rings. The second kappa shape index (κ2) is 18.7. The van der Waals surface area contributed by atoms with Gasteiger partial charge in [0.2, 0.25) is 0 Å². The molecule has 0 radical (unpaired) electrons. The topological polar surface area (TPSA) is 132 Å². The van der Waals surface area contributed by atoms with Crippen LogP contribution in [0.25, 0.3) is 0 Å². The molecule has 0 aromatic heterocycles. The van der Waals surface area contributed by atoms with Gasteiger partial charge in [0.05, 0.1) is 6.61 Å². The fraction of sp³-hybridized carbons (Fsp3) is 0.833. The van der Waals surface area contributed by atoms with Crippen molar-refractivity contribution in [2.24, 2.45) is 17.8 Å². The summed E-state index contributed by atoms with van der Waals surface area (Å²) >= 11 is 0. The van der Waals surface area contributed by atoms with Crippen LogP contribution in [-0.2, 0) is 24.4 Å². The van der Waals surface area contributed by atoms with Crippen molar-refractivity contribution in [2.75, 3.05) is 6.61 Å². The normalized spacial score (nSPS) is 19.7. The van der Waals surface area contributed by atoms with Gasteiger partial charge in [-0.15, -0.1) is 0 Å². The third-order valence-electron chi connectivity index (χ3n) is 10.5. The molecule has 1 heterocycles. The Bertz CT molecular complexity index is 1240. The third-order valence-corrected chi connectivity index (χ3v) is 18.2. The number of ether oxygens (including phenoxy) is 1. The van der Waals surface area contributed by atoms with Crippen LogP contribution in [0, 0.1) is 31.6 Å². The van der Waals surface area contributed by atoms with E-state index in [1.807, 2.05) is 6.92 Å². The predicted octanol–water partition coefficient (Wildman–Crippen LogP) is 11.2. The quantitative estimate of drug-likeness (QED) is 0.0786. The van der Waals surface area contributed by atoms with Crippen LogP contribution in [-0.4, -0.2) is 35.2 Å². The molecule has 1 aliphatic rings. The summed E-state index contributed by atoms with van der Waals surface area (Å²) in [5, 5.41) is 0. The number of hydrogen-bond acceptors (Lipinski definition) is 6. The van der Waals surface area contributed by atoms with Crippen LogP contribution in [0.1, 0.15) is 143 Å². The Labute approximate surface area is 293 Å². The van der Waals surface area contributed by atoms with Gasteiger partial charge in [-0.2, -0.15) is 4.31 Å². The minimum atomic E-state index is -5.19. The van der Waals surface area contributed by atoms with Crippen molar-refractivity contribution in [3.63, 3.8) is 0 Å². The average molecular weight is 735 g/mol. The summed E-state index contributed by atoms with van der Waals surface area (Å²) < 4.78 is 46.0. The van der Waals surface area contributed by atoms with E-state index in [9.17, 15) is 14.0 Å². The molecule has 280 valence electrons. The zero-order valence-corrected chi connectivity index (χ0v) is 34.6. The summed E-state index contributed by atoms with van der Waals surface area (Å²) in [4.78, 5) is 27.8. The first-order valence-electron chi connectivity index (χ1n) is 18.3. The minimum Gasteiger partial charge on any atom is -0.542 e. The van der Waals surface area contributed by atoms with Crippen LogP contribution in [0.3, 0.4) is 0 Å². The van der Waals surface area contributed by atoms with Gasteiger partial charge in [0.1, 0.15) is 17.1 Å². The van der Waals surface area contributed by atoms with Crippen LogP contribution in [0.2, 0.25) is 17.1 Å². The maximum absolute atomic E-state index is 12.1. The zero-order valence-electron chi connectivity index (χ0n) is 31.8. The van der Waals surface area contributed by atoms with E-state index in [0.29, 0.717) is 6.04 Å². The maximum atomic E-state index is 12.1. The van der Waals surface area contributed by atoms with E-state index in [-0.39, 0.29) is 23.3 Å². The van der Waals surface area contributed by atoms with Gasteiger partial charge in [0.25, 0.3) is 8.32 Å². The molecule has 2 rings (SSSR count). The van der Waals surface area contributed by atoms with E-state index in [2.05, 4.69) is 79.6 Å². The number of aryl methyl sites for hydroxylation is 1.